The lowest BCUT2D eigenvalue weighted by Crippen LogP contribution is -2.52. The van der Waals surface area contributed by atoms with Crippen molar-refractivity contribution >= 4 is 22.5 Å². The fourth-order valence-electron chi connectivity index (χ4n) is 4.43. The Morgan fingerprint density at radius 3 is 2.62 bits per heavy atom. The number of ether oxygens (including phenoxy) is 2. The molecule has 1 amide bonds. The number of aryl methyl sites for hydroxylation is 1. The minimum Gasteiger partial charge on any atom is -0.458 e. The zero-order valence-corrected chi connectivity index (χ0v) is 19.8. The molecule has 5 heterocycles. The number of benzene rings is 1. The van der Waals surface area contributed by atoms with E-state index in [2.05, 4.69) is 30.1 Å². The maximum atomic E-state index is 12.3. The number of H-pyrrole nitrogens is 1. The van der Waals surface area contributed by atoms with Gasteiger partial charge in [0.25, 0.3) is 5.91 Å². The fourth-order valence-corrected chi connectivity index (χ4v) is 4.43. The number of anilines is 1. The number of amides is 1. The van der Waals surface area contributed by atoms with E-state index in [0.717, 1.165) is 22.0 Å². The molecule has 11 heteroatoms. The monoisotopic (exact) mass is 494 g/mol. The Morgan fingerprint density at radius 1 is 1.08 bits per heavy atom. The summed E-state index contributed by atoms with van der Waals surface area (Å²) in [7, 11) is 0. The summed E-state index contributed by atoms with van der Waals surface area (Å²) in [6, 6.07) is 12.7. The second-order valence-corrected chi connectivity index (χ2v) is 8.79. The molecule has 0 unspecified atom stereocenters. The highest BCUT2D eigenvalue weighted by Crippen LogP contribution is 2.38. The van der Waals surface area contributed by atoms with Crippen LogP contribution in [0.15, 0.2) is 61.1 Å². The van der Waals surface area contributed by atoms with Gasteiger partial charge < -0.3 is 20.9 Å². The molecule has 37 heavy (non-hydrogen) atoms. The summed E-state index contributed by atoms with van der Waals surface area (Å²) in [5, 5.41) is 7.98. The first-order chi connectivity index (χ1) is 17.9. The molecule has 5 N–H and O–H groups in total. The van der Waals surface area contributed by atoms with E-state index in [-0.39, 0.29) is 11.4 Å². The molecule has 0 saturated carbocycles. The zero-order chi connectivity index (χ0) is 25.6. The molecule has 1 fully saturated rings. The van der Waals surface area contributed by atoms with Crippen molar-refractivity contribution in [2.75, 3.05) is 18.9 Å². The minimum absolute atomic E-state index is 0.0398. The molecule has 0 radical (unpaired) electrons. The molecule has 184 valence electrons. The standard InChI is InChI=1S/C26H22N8O3/c1-14-6-7-17-16(11-31-34-17)21(14)15-10-19(33-23(22(15)27)24(28)35)18-4-2-5-20(32-18)37-26(12-36-13-26)25-29-8-3-9-30-25/h2-11H,12-13,27H2,1H3,(H2,28,35)(H,31,34). The van der Waals surface area contributed by atoms with Gasteiger partial charge in [0, 0.05) is 29.4 Å². The molecule has 6 rings (SSSR count). The van der Waals surface area contributed by atoms with E-state index in [4.69, 9.17) is 20.9 Å². The molecule has 0 bridgehead atoms. The van der Waals surface area contributed by atoms with Crippen LogP contribution in [0.5, 0.6) is 5.88 Å². The van der Waals surface area contributed by atoms with Crippen molar-refractivity contribution in [1.29, 1.82) is 0 Å². The normalized spacial score (nSPS) is 14.3. The zero-order valence-electron chi connectivity index (χ0n) is 19.8. The highest BCUT2D eigenvalue weighted by Gasteiger charge is 2.46. The molecule has 0 aliphatic carbocycles. The van der Waals surface area contributed by atoms with Crippen LogP contribution in [0.2, 0.25) is 0 Å². The molecule has 4 aromatic heterocycles. The first-order valence-corrected chi connectivity index (χ1v) is 11.5. The van der Waals surface area contributed by atoms with Gasteiger partial charge in [-0.15, -0.1) is 0 Å². The van der Waals surface area contributed by atoms with Crippen LogP contribution in [0.25, 0.3) is 33.4 Å². The summed E-state index contributed by atoms with van der Waals surface area (Å²) in [5.41, 5.74) is 15.5. The summed E-state index contributed by atoms with van der Waals surface area (Å²) in [4.78, 5) is 30.1. The molecule has 0 spiro atoms. The Hall–Kier alpha value is -4.90. The molecule has 1 aromatic carbocycles. The van der Waals surface area contributed by atoms with Crippen LogP contribution >= 0.6 is 0 Å². The van der Waals surface area contributed by atoms with Crippen LogP contribution in [0, 0.1) is 6.92 Å². The number of aromatic nitrogens is 6. The van der Waals surface area contributed by atoms with Gasteiger partial charge in [0.1, 0.15) is 0 Å². The number of hydrogen-bond donors (Lipinski definition) is 3. The Labute approximate surface area is 210 Å². The number of pyridine rings is 2. The van der Waals surface area contributed by atoms with Gasteiger partial charge in [-0.05, 0) is 42.3 Å². The van der Waals surface area contributed by atoms with E-state index in [1.165, 1.54) is 0 Å². The van der Waals surface area contributed by atoms with Gasteiger partial charge >= 0.3 is 0 Å². The Morgan fingerprint density at radius 2 is 1.89 bits per heavy atom. The number of carbonyl (C=O) groups excluding carboxylic acids is 1. The van der Waals surface area contributed by atoms with Crippen LogP contribution in [0.4, 0.5) is 5.69 Å². The van der Waals surface area contributed by atoms with Gasteiger partial charge in [0.2, 0.25) is 11.5 Å². The van der Waals surface area contributed by atoms with Crippen molar-refractivity contribution in [1.82, 2.24) is 30.1 Å². The molecule has 1 aliphatic heterocycles. The van der Waals surface area contributed by atoms with Crippen molar-refractivity contribution < 1.29 is 14.3 Å². The number of nitrogens with zero attached hydrogens (tertiary/aromatic N) is 5. The lowest BCUT2D eigenvalue weighted by Gasteiger charge is -2.39. The van der Waals surface area contributed by atoms with Gasteiger partial charge in [-0.2, -0.15) is 5.10 Å². The van der Waals surface area contributed by atoms with Crippen molar-refractivity contribution in [2.24, 2.45) is 5.73 Å². The number of aromatic amines is 1. The Balaban J connectivity index is 1.46. The average molecular weight is 495 g/mol. The summed E-state index contributed by atoms with van der Waals surface area (Å²) >= 11 is 0. The number of rotatable bonds is 6. The first kappa shape index (κ1) is 22.6. The van der Waals surface area contributed by atoms with Crippen LogP contribution < -0.4 is 16.2 Å². The van der Waals surface area contributed by atoms with E-state index >= 15 is 0 Å². The number of nitrogens with one attached hydrogen (secondary N) is 1. The Bertz CT molecular complexity index is 1650. The number of hydrogen-bond acceptors (Lipinski definition) is 9. The third kappa shape index (κ3) is 3.81. The SMILES string of the molecule is Cc1ccc2[nH]ncc2c1-c1cc(-c2cccc(OC3(c4ncccn4)COC3)n2)nc(C(N)=O)c1N. The first-order valence-electron chi connectivity index (χ1n) is 11.5. The van der Waals surface area contributed by atoms with Crippen LogP contribution in [0.3, 0.4) is 0 Å². The summed E-state index contributed by atoms with van der Waals surface area (Å²) in [6.07, 6.45) is 5.03. The lowest BCUT2D eigenvalue weighted by atomic mass is 9.94. The molecule has 1 saturated heterocycles. The Kier molecular flexibility index (Phi) is 5.27. The maximum absolute atomic E-state index is 12.3. The van der Waals surface area contributed by atoms with Crippen molar-refractivity contribution in [3.63, 3.8) is 0 Å². The van der Waals surface area contributed by atoms with Gasteiger partial charge in [-0.25, -0.2) is 19.9 Å². The topological polar surface area (TPSA) is 168 Å². The third-order valence-corrected chi connectivity index (χ3v) is 6.32. The van der Waals surface area contributed by atoms with E-state index in [1.807, 2.05) is 19.1 Å². The van der Waals surface area contributed by atoms with Crippen LogP contribution in [-0.2, 0) is 10.3 Å². The average Bonchev–Trinajstić information content (AvgIpc) is 3.36. The number of nitrogen functional groups attached to an aromatic ring is 1. The third-order valence-electron chi connectivity index (χ3n) is 6.32. The lowest BCUT2D eigenvalue weighted by molar-refractivity contribution is -0.174. The van der Waals surface area contributed by atoms with Crippen molar-refractivity contribution in [3.05, 3.63) is 78.1 Å². The van der Waals surface area contributed by atoms with E-state index in [0.29, 0.717) is 41.9 Å². The van der Waals surface area contributed by atoms with E-state index < -0.39 is 11.5 Å². The molecular formula is C26H22N8O3. The van der Waals surface area contributed by atoms with Crippen molar-refractivity contribution in [2.45, 2.75) is 12.5 Å². The number of primary amides is 1. The fraction of sp³-hybridized carbons (Fsp3) is 0.154. The summed E-state index contributed by atoms with van der Waals surface area (Å²) in [6.45, 7) is 2.56. The highest BCUT2D eigenvalue weighted by molar-refractivity contribution is 6.05. The minimum atomic E-state index is -0.834. The quantitative estimate of drug-likeness (QED) is 0.321. The van der Waals surface area contributed by atoms with Gasteiger partial charge in [-0.3, -0.25) is 9.89 Å². The number of carbonyl (C=O) groups is 1. The molecule has 0 atom stereocenters. The number of nitrogens with two attached hydrogens (primary N) is 2. The second kappa shape index (κ2) is 8.64. The van der Waals surface area contributed by atoms with Gasteiger partial charge in [0.15, 0.2) is 11.5 Å². The largest absolute Gasteiger partial charge is 0.458 e. The summed E-state index contributed by atoms with van der Waals surface area (Å²) < 4.78 is 11.7. The van der Waals surface area contributed by atoms with Crippen LogP contribution in [-0.4, -0.2) is 49.3 Å². The molecule has 1 aliphatic rings. The second-order valence-electron chi connectivity index (χ2n) is 8.79. The number of fused-ring (bicyclic) bond motifs is 1. The smallest absolute Gasteiger partial charge is 0.269 e. The van der Waals surface area contributed by atoms with E-state index in [1.54, 1.807) is 48.9 Å². The van der Waals surface area contributed by atoms with Crippen molar-refractivity contribution in [3.8, 4) is 28.4 Å². The highest BCUT2D eigenvalue weighted by atomic mass is 16.6. The van der Waals surface area contributed by atoms with E-state index in [9.17, 15) is 4.79 Å². The van der Waals surface area contributed by atoms with Gasteiger partial charge in [0.05, 0.1) is 42.0 Å². The van der Waals surface area contributed by atoms with Crippen LogP contribution in [0.1, 0.15) is 21.9 Å². The predicted octanol–water partition coefficient (Wildman–Crippen LogP) is 2.77. The maximum Gasteiger partial charge on any atom is 0.269 e. The van der Waals surface area contributed by atoms with Gasteiger partial charge in [-0.1, -0.05) is 12.1 Å². The molecular weight excluding hydrogens is 472 g/mol. The molecule has 5 aromatic rings. The predicted molar refractivity (Wildman–Crippen MR) is 135 cm³/mol. The molecule has 11 nitrogen and oxygen atoms in total. The summed E-state index contributed by atoms with van der Waals surface area (Å²) in [5.74, 6) is 0.111.